The van der Waals surface area contributed by atoms with E-state index in [0.717, 1.165) is 38.5 Å². The number of aliphatic hydroxyl groups is 1. The summed E-state index contributed by atoms with van der Waals surface area (Å²) in [5.74, 6) is 0.576. The zero-order valence-corrected chi connectivity index (χ0v) is 17.9. The number of benzene rings is 1. The fourth-order valence-electron chi connectivity index (χ4n) is 4.46. The zero-order chi connectivity index (χ0) is 20.5. The summed E-state index contributed by atoms with van der Waals surface area (Å²) in [4.78, 5) is 16.9. The van der Waals surface area contributed by atoms with Gasteiger partial charge >= 0.3 is 0 Å². The summed E-state index contributed by atoms with van der Waals surface area (Å²) in [6.45, 7) is 4.09. The van der Waals surface area contributed by atoms with E-state index in [2.05, 4.69) is 4.90 Å². The van der Waals surface area contributed by atoms with E-state index in [1.54, 1.807) is 23.1 Å². The van der Waals surface area contributed by atoms with E-state index in [1.807, 2.05) is 19.9 Å². The number of hydrogen-bond donors (Lipinski definition) is 1. The molecular weight excluding hydrogens is 394 g/mol. The SMILES string of the molecule is CC1(C)C(=O)N(c2ccc(C#N)c(Cl)c2)C(=S)N1C1CCC(CCCO)CC1. The van der Waals surface area contributed by atoms with Gasteiger partial charge in [-0.1, -0.05) is 11.6 Å². The summed E-state index contributed by atoms with van der Waals surface area (Å²) >= 11 is 11.9. The van der Waals surface area contributed by atoms with Crippen molar-refractivity contribution in [2.24, 2.45) is 5.92 Å². The average molecular weight is 420 g/mol. The highest BCUT2D eigenvalue weighted by Gasteiger charge is 2.52. The first kappa shape index (κ1) is 21.0. The summed E-state index contributed by atoms with van der Waals surface area (Å²) < 4.78 is 0. The van der Waals surface area contributed by atoms with Crippen molar-refractivity contribution in [1.82, 2.24) is 4.90 Å². The van der Waals surface area contributed by atoms with Crippen LogP contribution in [0.15, 0.2) is 18.2 Å². The molecule has 1 aliphatic carbocycles. The molecule has 1 saturated heterocycles. The van der Waals surface area contributed by atoms with Gasteiger partial charge in [-0.3, -0.25) is 9.69 Å². The monoisotopic (exact) mass is 419 g/mol. The smallest absolute Gasteiger partial charge is 0.258 e. The molecule has 1 aromatic carbocycles. The molecule has 2 fully saturated rings. The summed E-state index contributed by atoms with van der Waals surface area (Å²) in [5.41, 5.74) is 0.256. The van der Waals surface area contributed by atoms with E-state index < -0.39 is 5.54 Å². The van der Waals surface area contributed by atoms with Gasteiger partial charge in [0, 0.05) is 12.6 Å². The van der Waals surface area contributed by atoms with Gasteiger partial charge in [0.05, 0.1) is 16.3 Å². The Morgan fingerprint density at radius 3 is 2.57 bits per heavy atom. The maximum absolute atomic E-state index is 13.2. The number of halogens is 1. The van der Waals surface area contributed by atoms with Crippen LogP contribution in [0.5, 0.6) is 0 Å². The molecule has 1 amide bonds. The van der Waals surface area contributed by atoms with Gasteiger partial charge in [0.15, 0.2) is 5.11 Å². The molecule has 1 heterocycles. The molecule has 1 N–H and O–H groups in total. The van der Waals surface area contributed by atoms with Gasteiger partial charge in [0.25, 0.3) is 5.91 Å². The Morgan fingerprint density at radius 2 is 2.00 bits per heavy atom. The minimum Gasteiger partial charge on any atom is -0.396 e. The van der Waals surface area contributed by atoms with Crippen LogP contribution in [0.1, 0.15) is 57.9 Å². The molecule has 0 radical (unpaired) electrons. The molecule has 1 saturated carbocycles. The van der Waals surface area contributed by atoms with Gasteiger partial charge < -0.3 is 10.0 Å². The van der Waals surface area contributed by atoms with Crippen molar-refractivity contribution in [1.29, 1.82) is 5.26 Å². The van der Waals surface area contributed by atoms with Crippen molar-refractivity contribution in [3.05, 3.63) is 28.8 Å². The van der Waals surface area contributed by atoms with E-state index in [-0.39, 0.29) is 18.6 Å². The van der Waals surface area contributed by atoms with Gasteiger partial charge in [-0.25, -0.2) is 0 Å². The molecule has 0 bridgehead atoms. The molecule has 5 nitrogen and oxygen atoms in total. The van der Waals surface area contributed by atoms with Gasteiger partial charge in [0.1, 0.15) is 11.6 Å². The summed E-state index contributed by atoms with van der Waals surface area (Å²) in [6, 6.07) is 7.25. The van der Waals surface area contributed by atoms with Crippen LogP contribution in [0.2, 0.25) is 5.02 Å². The molecule has 0 unspecified atom stereocenters. The second-order valence-corrected chi connectivity index (χ2v) is 8.94. The summed E-state index contributed by atoms with van der Waals surface area (Å²) in [5, 5.41) is 19.0. The van der Waals surface area contributed by atoms with Crippen LogP contribution >= 0.6 is 23.8 Å². The molecule has 28 heavy (non-hydrogen) atoms. The highest BCUT2D eigenvalue weighted by atomic mass is 35.5. The van der Waals surface area contributed by atoms with Gasteiger partial charge in [0.2, 0.25) is 0 Å². The fraction of sp³-hybridized carbons (Fsp3) is 0.571. The Hall–Kier alpha value is -1.68. The lowest BCUT2D eigenvalue weighted by molar-refractivity contribution is -0.124. The summed E-state index contributed by atoms with van der Waals surface area (Å²) in [6.07, 6.45) is 6.10. The second kappa shape index (κ2) is 8.36. The number of carbonyl (C=O) groups is 1. The predicted octanol–water partition coefficient (Wildman–Crippen LogP) is 4.26. The molecular formula is C21H26ClN3O2S. The van der Waals surface area contributed by atoms with Crippen molar-refractivity contribution in [2.75, 3.05) is 11.5 Å². The number of thiocarbonyl (C=S) groups is 1. The molecule has 2 aliphatic rings. The highest BCUT2D eigenvalue weighted by Crippen LogP contribution is 2.40. The number of anilines is 1. The Bertz CT molecular complexity index is 812. The minimum absolute atomic E-state index is 0.0688. The quantitative estimate of drug-likeness (QED) is 0.722. The van der Waals surface area contributed by atoms with Crippen LogP contribution < -0.4 is 4.90 Å². The van der Waals surface area contributed by atoms with Crippen LogP contribution in [0, 0.1) is 17.2 Å². The van der Waals surface area contributed by atoms with Gasteiger partial charge in [-0.2, -0.15) is 5.26 Å². The number of nitriles is 1. The molecule has 150 valence electrons. The second-order valence-electron chi connectivity index (χ2n) is 8.17. The van der Waals surface area contributed by atoms with Crippen LogP contribution in [-0.2, 0) is 4.79 Å². The Labute approximate surface area is 176 Å². The lowest BCUT2D eigenvalue weighted by Gasteiger charge is -2.41. The normalized spacial score (nSPS) is 24.5. The number of nitrogens with zero attached hydrogens (tertiary/aromatic N) is 3. The Morgan fingerprint density at radius 1 is 1.32 bits per heavy atom. The minimum atomic E-state index is -0.722. The van der Waals surface area contributed by atoms with E-state index >= 15 is 0 Å². The Balaban J connectivity index is 1.81. The third-order valence-electron chi connectivity index (χ3n) is 6.01. The third-order valence-corrected chi connectivity index (χ3v) is 6.70. The van der Waals surface area contributed by atoms with Crippen LogP contribution in [0.3, 0.4) is 0 Å². The largest absolute Gasteiger partial charge is 0.396 e. The average Bonchev–Trinajstić information content (AvgIpc) is 2.85. The zero-order valence-electron chi connectivity index (χ0n) is 16.3. The maximum Gasteiger partial charge on any atom is 0.258 e. The van der Waals surface area contributed by atoms with E-state index in [4.69, 9.17) is 34.2 Å². The van der Waals surface area contributed by atoms with Crippen LogP contribution in [0.25, 0.3) is 0 Å². The number of amides is 1. The molecule has 3 rings (SSSR count). The number of hydrogen-bond acceptors (Lipinski definition) is 4. The van der Waals surface area contributed by atoms with Crippen molar-refractivity contribution in [3.8, 4) is 6.07 Å². The molecule has 0 spiro atoms. The van der Waals surface area contributed by atoms with E-state index in [9.17, 15) is 4.79 Å². The molecule has 0 aromatic heterocycles. The fourth-order valence-corrected chi connectivity index (χ4v) is 5.24. The lowest BCUT2D eigenvalue weighted by Crippen LogP contribution is -2.51. The maximum atomic E-state index is 13.2. The van der Waals surface area contributed by atoms with Crippen molar-refractivity contribution < 1.29 is 9.90 Å². The molecule has 1 aliphatic heterocycles. The lowest BCUT2D eigenvalue weighted by atomic mass is 9.82. The molecule has 7 heteroatoms. The number of carbonyl (C=O) groups excluding carboxylic acids is 1. The van der Waals surface area contributed by atoms with Crippen molar-refractivity contribution in [3.63, 3.8) is 0 Å². The first-order valence-corrected chi connectivity index (χ1v) is 10.6. The highest BCUT2D eigenvalue weighted by molar-refractivity contribution is 7.80. The molecule has 0 atom stereocenters. The van der Waals surface area contributed by atoms with Gasteiger partial charge in [-0.15, -0.1) is 0 Å². The van der Waals surface area contributed by atoms with Crippen molar-refractivity contribution in [2.45, 2.75) is 64.0 Å². The Kier molecular flexibility index (Phi) is 6.28. The van der Waals surface area contributed by atoms with Crippen molar-refractivity contribution >= 4 is 40.5 Å². The van der Waals surface area contributed by atoms with Gasteiger partial charge in [-0.05, 0) is 88.7 Å². The summed E-state index contributed by atoms with van der Waals surface area (Å²) in [7, 11) is 0. The first-order valence-electron chi connectivity index (χ1n) is 9.79. The van der Waals surface area contributed by atoms with Crippen LogP contribution in [0.4, 0.5) is 5.69 Å². The van der Waals surface area contributed by atoms with E-state index in [1.165, 1.54) is 0 Å². The number of rotatable bonds is 5. The number of aliphatic hydroxyl groups excluding tert-OH is 1. The predicted molar refractivity (Wildman–Crippen MR) is 114 cm³/mol. The van der Waals surface area contributed by atoms with Crippen LogP contribution in [-0.4, -0.2) is 39.2 Å². The topological polar surface area (TPSA) is 67.6 Å². The standard InChI is InChI=1S/C21H26ClN3O2S/c1-21(2)19(27)24(17-10-7-15(13-23)18(22)12-17)20(28)25(21)16-8-5-14(6-9-16)4-3-11-26/h7,10,12,14,16,26H,3-6,8-9,11H2,1-2H3. The van der Waals surface area contributed by atoms with E-state index in [0.29, 0.717) is 27.3 Å². The molecule has 1 aromatic rings. The third kappa shape index (κ3) is 3.76. The first-order chi connectivity index (χ1) is 13.3.